The summed E-state index contributed by atoms with van der Waals surface area (Å²) in [6, 6.07) is 9.19. The number of nitrogens with two attached hydrogens (primary N) is 1. The number of hydrogen-bond acceptors (Lipinski definition) is 3. The summed E-state index contributed by atoms with van der Waals surface area (Å²) in [5.41, 5.74) is 8.40. The molecule has 0 aliphatic rings. The predicted molar refractivity (Wildman–Crippen MR) is 68.1 cm³/mol. The lowest BCUT2D eigenvalue weighted by molar-refractivity contribution is 1.30. The molecule has 0 saturated heterocycles. The van der Waals surface area contributed by atoms with Gasteiger partial charge in [-0.3, -0.25) is 0 Å². The zero-order valence-electron chi connectivity index (χ0n) is 8.87. The molecule has 0 aliphatic heterocycles. The van der Waals surface area contributed by atoms with Crippen molar-refractivity contribution in [2.75, 3.05) is 11.1 Å². The van der Waals surface area contributed by atoms with Gasteiger partial charge in [-0.15, -0.1) is 0 Å². The molecule has 0 fully saturated rings. The van der Waals surface area contributed by atoms with E-state index in [1.165, 1.54) is 0 Å². The second-order valence-corrected chi connectivity index (χ2v) is 4.00. The van der Waals surface area contributed by atoms with Gasteiger partial charge < -0.3 is 11.1 Å². The van der Waals surface area contributed by atoms with Crippen molar-refractivity contribution < 1.29 is 0 Å². The fourth-order valence-electron chi connectivity index (χ4n) is 1.42. The number of pyridine rings is 1. The Morgan fingerprint density at radius 2 is 2.06 bits per heavy atom. The summed E-state index contributed by atoms with van der Waals surface area (Å²) in [6.07, 6.45) is 1.67. The highest BCUT2D eigenvalue weighted by molar-refractivity contribution is 6.30. The molecule has 3 N–H and O–H groups in total. The van der Waals surface area contributed by atoms with Crippen LogP contribution in [0.15, 0.2) is 36.5 Å². The molecule has 0 saturated carbocycles. The fourth-order valence-corrected chi connectivity index (χ4v) is 1.65. The van der Waals surface area contributed by atoms with E-state index in [1.807, 2.05) is 25.1 Å². The number of benzene rings is 1. The quantitative estimate of drug-likeness (QED) is 0.836. The van der Waals surface area contributed by atoms with Gasteiger partial charge in [-0.05, 0) is 36.8 Å². The summed E-state index contributed by atoms with van der Waals surface area (Å²) < 4.78 is 0. The van der Waals surface area contributed by atoms with Gasteiger partial charge in [0.25, 0.3) is 0 Å². The fraction of sp³-hybridized carbons (Fsp3) is 0.0833. The topological polar surface area (TPSA) is 50.9 Å². The Kier molecular flexibility index (Phi) is 2.97. The number of aromatic nitrogens is 1. The van der Waals surface area contributed by atoms with E-state index in [2.05, 4.69) is 10.3 Å². The first-order chi connectivity index (χ1) is 7.65. The first-order valence-electron chi connectivity index (χ1n) is 4.90. The summed E-state index contributed by atoms with van der Waals surface area (Å²) in [7, 11) is 0. The molecule has 4 heteroatoms. The molecule has 0 amide bonds. The number of anilines is 3. The van der Waals surface area contributed by atoms with Gasteiger partial charge >= 0.3 is 0 Å². The molecule has 0 atom stereocenters. The van der Waals surface area contributed by atoms with Crippen LogP contribution in [0.2, 0.25) is 5.02 Å². The smallest absolute Gasteiger partial charge is 0.132 e. The maximum atomic E-state index is 5.88. The lowest BCUT2D eigenvalue weighted by Crippen LogP contribution is -1.96. The molecule has 0 bridgehead atoms. The lowest BCUT2D eigenvalue weighted by Gasteiger charge is -2.09. The largest absolute Gasteiger partial charge is 0.399 e. The molecule has 0 aliphatic carbocycles. The number of nitrogen functional groups attached to an aromatic ring is 1. The van der Waals surface area contributed by atoms with Crippen molar-refractivity contribution in [3.05, 3.63) is 47.1 Å². The van der Waals surface area contributed by atoms with E-state index in [0.29, 0.717) is 5.69 Å². The van der Waals surface area contributed by atoms with E-state index >= 15 is 0 Å². The zero-order valence-corrected chi connectivity index (χ0v) is 9.62. The molecule has 2 rings (SSSR count). The third-order valence-electron chi connectivity index (χ3n) is 2.24. The minimum atomic E-state index is 0.684. The average Bonchev–Trinajstić information content (AvgIpc) is 2.22. The highest BCUT2D eigenvalue weighted by Crippen LogP contribution is 2.23. The van der Waals surface area contributed by atoms with Crippen molar-refractivity contribution in [2.45, 2.75) is 6.92 Å². The third-order valence-corrected chi connectivity index (χ3v) is 2.47. The van der Waals surface area contributed by atoms with E-state index in [-0.39, 0.29) is 0 Å². The number of rotatable bonds is 2. The van der Waals surface area contributed by atoms with E-state index < -0.39 is 0 Å². The Bertz CT molecular complexity index is 511. The van der Waals surface area contributed by atoms with Gasteiger partial charge in [0.2, 0.25) is 0 Å². The standard InChI is InChI=1S/C12H12ClN3/c1-8-6-9(13)2-3-11(8)16-12-7-10(14)4-5-15-12/h2-7H,1H3,(H3,14,15,16). The van der Waals surface area contributed by atoms with Gasteiger partial charge in [0.15, 0.2) is 0 Å². The second kappa shape index (κ2) is 4.41. The molecule has 1 aromatic carbocycles. The van der Waals surface area contributed by atoms with Crippen molar-refractivity contribution in [1.82, 2.24) is 4.98 Å². The van der Waals surface area contributed by atoms with Crippen LogP contribution in [0, 0.1) is 6.92 Å². The number of nitrogens with one attached hydrogen (secondary N) is 1. The van der Waals surface area contributed by atoms with Crippen molar-refractivity contribution in [3.8, 4) is 0 Å². The molecule has 1 heterocycles. The van der Waals surface area contributed by atoms with Crippen LogP contribution in [0.5, 0.6) is 0 Å². The molecule has 2 aromatic rings. The lowest BCUT2D eigenvalue weighted by atomic mass is 10.2. The first-order valence-corrected chi connectivity index (χ1v) is 5.27. The summed E-state index contributed by atoms with van der Waals surface area (Å²) in [4.78, 5) is 4.17. The normalized spacial score (nSPS) is 10.1. The van der Waals surface area contributed by atoms with E-state index in [4.69, 9.17) is 17.3 Å². The molecular formula is C12H12ClN3. The summed E-state index contributed by atoms with van der Waals surface area (Å²) in [5.74, 6) is 0.727. The van der Waals surface area contributed by atoms with Crippen molar-refractivity contribution in [1.29, 1.82) is 0 Å². The average molecular weight is 234 g/mol. The van der Waals surface area contributed by atoms with E-state index in [9.17, 15) is 0 Å². The number of aryl methyl sites for hydroxylation is 1. The Morgan fingerprint density at radius 1 is 1.25 bits per heavy atom. The molecule has 16 heavy (non-hydrogen) atoms. The van der Waals surface area contributed by atoms with Gasteiger partial charge in [0.05, 0.1) is 0 Å². The van der Waals surface area contributed by atoms with Crippen molar-refractivity contribution in [2.24, 2.45) is 0 Å². The van der Waals surface area contributed by atoms with Crippen LogP contribution in [-0.4, -0.2) is 4.98 Å². The summed E-state index contributed by atoms with van der Waals surface area (Å²) >= 11 is 5.88. The van der Waals surface area contributed by atoms with Crippen molar-refractivity contribution in [3.63, 3.8) is 0 Å². The number of halogens is 1. The molecule has 1 aromatic heterocycles. The maximum Gasteiger partial charge on any atom is 0.132 e. The minimum absolute atomic E-state index is 0.684. The van der Waals surface area contributed by atoms with Crippen LogP contribution in [0.1, 0.15) is 5.56 Å². The third kappa shape index (κ3) is 2.44. The predicted octanol–water partition coefficient (Wildman–Crippen LogP) is 3.37. The minimum Gasteiger partial charge on any atom is -0.399 e. The Labute approximate surface area is 99.3 Å². The van der Waals surface area contributed by atoms with Crippen LogP contribution < -0.4 is 11.1 Å². The van der Waals surface area contributed by atoms with Crippen LogP contribution in [0.4, 0.5) is 17.2 Å². The Balaban J connectivity index is 2.27. The Hall–Kier alpha value is -1.74. The van der Waals surface area contributed by atoms with Crippen LogP contribution in [-0.2, 0) is 0 Å². The molecule has 3 nitrogen and oxygen atoms in total. The van der Waals surface area contributed by atoms with Crippen LogP contribution >= 0.6 is 11.6 Å². The first kappa shape index (κ1) is 10.8. The number of hydrogen-bond donors (Lipinski definition) is 2. The summed E-state index contributed by atoms with van der Waals surface area (Å²) in [6.45, 7) is 1.99. The molecule has 0 spiro atoms. The number of nitrogens with zero attached hydrogens (tertiary/aromatic N) is 1. The summed E-state index contributed by atoms with van der Waals surface area (Å²) in [5, 5.41) is 3.92. The van der Waals surface area contributed by atoms with Gasteiger partial charge in [-0.2, -0.15) is 0 Å². The highest BCUT2D eigenvalue weighted by Gasteiger charge is 2.00. The van der Waals surface area contributed by atoms with E-state index in [0.717, 1.165) is 22.1 Å². The van der Waals surface area contributed by atoms with Crippen molar-refractivity contribution >= 4 is 28.8 Å². The van der Waals surface area contributed by atoms with Crippen LogP contribution in [0.3, 0.4) is 0 Å². The van der Waals surface area contributed by atoms with E-state index in [1.54, 1.807) is 18.3 Å². The monoisotopic (exact) mass is 233 g/mol. The van der Waals surface area contributed by atoms with Gasteiger partial charge in [0, 0.05) is 28.7 Å². The molecule has 0 unspecified atom stereocenters. The second-order valence-electron chi connectivity index (χ2n) is 3.56. The van der Waals surface area contributed by atoms with Crippen LogP contribution in [0.25, 0.3) is 0 Å². The van der Waals surface area contributed by atoms with Gasteiger partial charge in [-0.25, -0.2) is 4.98 Å². The SMILES string of the molecule is Cc1cc(Cl)ccc1Nc1cc(N)ccn1. The molecular weight excluding hydrogens is 222 g/mol. The molecule has 0 radical (unpaired) electrons. The van der Waals surface area contributed by atoms with Gasteiger partial charge in [-0.1, -0.05) is 11.6 Å². The van der Waals surface area contributed by atoms with Gasteiger partial charge in [0.1, 0.15) is 5.82 Å². The maximum absolute atomic E-state index is 5.88. The molecule has 82 valence electrons. The zero-order chi connectivity index (χ0) is 11.5. The Morgan fingerprint density at radius 3 is 2.75 bits per heavy atom. The highest BCUT2D eigenvalue weighted by atomic mass is 35.5.